The molecule has 15 nitrogen and oxygen atoms in total. The summed E-state index contributed by atoms with van der Waals surface area (Å²) in [7, 11) is 0. The number of carbonyl (C=O) groups is 6. The molecule has 1 heterocycles. The Morgan fingerprint density at radius 1 is 0.842 bits per heavy atom. The highest BCUT2D eigenvalue weighted by atomic mass is 16.4. The minimum atomic E-state index is -1.71. The number of carbonyl (C=O) groups excluding carboxylic acids is 3. The molecule has 38 heavy (non-hydrogen) atoms. The van der Waals surface area contributed by atoms with E-state index < -0.39 is 85.7 Å². The van der Waals surface area contributed by atoms with Crippen molar-refractivity contribution in [2.75, 3.05) is 6.61 Å². The van der Waals surface area contributed by atoms with Gasteiger partial charge in [-0.05, 0) is 18.1 Å². The first kappa shape index (κ1) is 29.7. The van der Waals surface area contributed by atoms with Gasteiger partial charge >= 0.3 is 17.9 Å². The molecule has 4 unspecified atom stereocenters. The van der Waals surface area contributed by atoms with Crippen molar-refractivity contribution in [3.8, 4) is 0 Å². The van der Waals surface area contributed by atoms with Gasteiger partial charge in [0, 0.05) is 29.9 Å². The van der Waals surface area contributed by atoms with Gasteiger partial charge in [-0.3, -0.25) is 24.0 Å². The van der Waals surface area contributed by atoms with E-state index in [1.54, 1.807) is 30.5 Å². The Bertz CT molecular complexity index is 1200. The number of rotatable bonds is 15. The van der Waals surface area contributed by atoms with Gasteiger partial charge in [-0.15, -0.1) is 0 Å². The van der Waals surface area contributed by atoms with Gasteiger partial charge in [-0.25, -0.2) is 4.79 Å². The van der Waals surface area contributed by atoms with Crippen LogP contribution in [0.15, 0.2) is 30.5 Å². The Balaban J connectivity index is 2.31. The number of nitrogens with one attached hydrogen (secondary N) is 4. The Morgan fingerprint density at radius 2 is 1.45 bits per heavy atom. The third-order valence-corrected chi connectivity index (χ3v) is 5.54. The number of hydrogen-bond donors (Lipinski definition) is 9. The third-order valence-electron chi connectivity index (χ3n) is 5.54. The number of benzene rings is 1. The summed E-state index contributed by atoms with van der Waals surface area (Å²) in [5, 5.41) is 43.6. The average Bonchev–Trinajstić information content (AvgIpc) is 3.26. The van der Waals surface area contributed by atoms with Crippen molar-refractivity contribution >= 4 is 46.5 Å². The number of hydrogen-bond acceptors (Lipinski definition) is 8. The number of aromatic amines is 1. The van der Waals surface area contributed by atoms with Crippen molar-refractivity contribution in [3.63, 3.8) is 0 Å². The number of aliphatic hydroxyl groups is 1. The lowest BCUT2D eigenvalue weighted by Crippen LogP contribution is -2.58. The molecule has 0 aliphatic rings. The quantitative estimate of drug-likeness (QED) is 0.119. The predicted molar refractivity (Wildman–Crippen MR) is 130 cm³/mol. The summed E-state index contributed by atoms with van der Waals surface area (Å²) in [4.78, 5) is 74.7. The number of aromatic nitrogens is 1. The van der Waals surface area contributed by atoms with Crippen LogP contribution in [0.4, 0.5) is 0 Å². The van der Waals surface area contributed by atoms with Crippen molar-refractivity contribution in [2.24, 2.45) is 5.73 Å². The maximum atomic E-state index is 13.2. The van der Waals surface area contributed by atoms with Crippen LogP contribution in [0.5, 0.6) is 0 Å². The molecule has 4 atom stereocenters. The number of carboxylic acids is 3. The molecular formula is C23H29N5O10. The molecule has 3 amide bonds. The van der Waals surface area contributed by atoms with Crippen LogP contribution >= 0.6 is 0 Å². The second-order valence-corrected chi connectivity index (χ2v) is 8.40. The fraction of sp³-hybridized carbons (Fsp3) is 0.391. The Kier molecular flexibility index (Phi) is 10.7. The number of carboxylic acid groups (broad SMARTS) is 3. The standard InChI is InChI=1S/C23H29N5O10/c24-13(8-19(32)33)20(34)27-16(7-11-9-25-14-4-2-1-3-12(11)14)22(36)26-15(5-6-18(30)31)21(35)28-17(10-29)23(37)38/h1-4,9,13,15-17,25,29H,5-8,10,24H2,(H,26,36)(H,27,34)(H,28,35)(H,30,31)(H,32,33)(H,37,38). The van der Waals surface area contributed by atoms with Crippen LogP contribution in [0.1, 0.15) is 24.8 Å². The van der Waals surface area contributed by atoms with Gasteiger partial charge < -0.3 is 47.1 Å². The molecule has 0 bridgehead atoms. The van der Waals surface area contributed by atoms with Gasteiger partial charge in [0.05, 0.1) is 19.1 Å². The number of fused-ring (bicyclic) bond motifs is 1. The molecule has 0 saturated carbocycles. The molecule has 10 N–H and O–H groups in total. The second kappa shape index (κ2) is 13.7. The van der Waals surface area contributed by atoms with E-state index in [1.165, 1.54) is 0 Å². The summed E-state index contributed by atoms with van der Waals surface area (Å²) in [5.41, 5.74) is 6.94. The van der Waals surface area contributed by atoms with E-state index in [-0.39, 0.29) is 6.42 Å². The van der Waals surface area contributed by atoms with E-state index in [9.17, 15) is 33.9 Å². The summed E-state index contributed by atoms with van der Waals surface area (Å²) >= 11 is 0. The van der Waals surface area contributed by atoms with Crippen LogP contribution in [-0.4, -0.2) is 91.8 Å². The van der Waals surface area contributed by atoms with Crippen LogP contribution in [0.2, 0.25) is 0 Å². The van der Waals surface area contributed by atoms with E-state index in [4.69, 9.17) is 21.1 Å². The highest BCUT2D eigenvalue weighted by Gasteiger charge is 2.31. The molecule has 0 radical (unpaired) electrons. The molecule has 15 heteroatoms. The minimum Gasteiger partial charge on any atom is -0.481 e. The lowest BCUT2D eigenvalue weighted by Gasteiger charge is -2.24. The van der Waals surface area contributed by atoms with Crippen LogP contribution in [-0.2, 0) is 35.2 Å². The minimum absolute atomic E-state index is 0.122. The largest absolute Gasteiger partial charge is 0.481 e. The van der Waals surface area contributed by atoms with Crippen molar-refractivity contribution in [1.29, 1.82) is 0 Å². The summed E-state index contributed by atoms with van der Waals surface area (Å²) in [6, 6.07) is 0.960. The number of aliphatic carboxylic acids is 3. The first-order chi connectivity index (χ1) is 17.9. The van der Waals surface area contributed by atoms with E-state index in [0.29, 0.717) is 5.56 Å². The van der Waals surface area contributed by atoms with E-state index >= 15 is 0 Å². The zero-order chi connectivity index (χ0) is 28.4. The zero-order valence-corrected chi connectivity index (χ0v) is 20.0. The molecule has 1 aromatic carbocycles. The van der Waals surface area contributed by atoms with Crippen LogP contribution in [0.25, 0.3) is 10.9 Å². The highest BCUT2D eigenvalue weighted by Crippen LogP contribution is 2.19. The van der Waals surface area contributed by atoms with Crippen LogP contribution in [0.3, 0.4) is 0 Å². The van der Waals surface area contributed by atoms with Gasteiger partial charge in [0.2, 0.25) is 17.7 Å². The average molecular weight is 536 g/mol. The number of H-pyrrole nitrogens is 1. The molecule has 0 aliphatic heterocycles. The summed E-state index contributed by atoms with van der Waals surface area (Å²) < 4.78 is 0. The summed E-state index contributed by atoms with van der Waals surface area (Å²) in [5.74, 6) is -7.15. The van der Waals surface area contributed by atoms with Crippen LogP contribution < -0.4 is 21.7 Å². The molecule has 0 saturated heterocycles. The van der Waals surface area contributed by atoms with Crippen LogP contribution in [0, 0.1) is 0 Å². The number of aliphatic hydroxyl groups excluding tert-OH is 1. The zero-order valence-electron chi connectivity index (χ0n) is 20.0. The van der Waals surface area contributed by atoms with Crippen molar-refractivity contribution in [3.05, 3.63) is 36.0 Å². The Labute approximate surface area is 215 Å². The van der Waals surface area contributed by atoms with Gasteiger partial charge in [0.15, 0.2) is 0 Å². The Hall–Kier alpha value is -4.50. The summed E-state index contributed by atoms with van der Waals surface area (Å²) in [6.07, 6.45) is -0.242. The molecule has 0 spiro atoms. The van der Waals surface area contributed by atoms with E-state index in [2.05, 4.69) is 15.6 Å². The maximum Gasteiger partial charge on any atom is 0.328 e. The first-order valence-electron chi connectivity index (χ1n) is 11.4. The van der Waals surface area contributed by atoms with Gasteiger partial charge in [0.25, 0.3) is 0 Å². The molecular weight excluding hydrogens is 506 g/mol. The van der Waals surface area contributed by atoms with E-state index in [1.807, 2.05) is 5.32 Å². The molecule has 0 aliphatic carbocycles. The topological polar surface area (TPSA) is 261 Å². The van der Waals surface area contributed by atoms with Gasteiger partial charge in [0.1, 0.15) is 18.1 Å². The molecule has 206 valence electrons. The second-order valence-electron chi connectivity index (χ2n) is 8.40. The van der Waals surface area contributed by atoms with Crippen molar-refractivity contribution in [2.45, 2.75) is 49.9 Å². The highest BCUT2D eigenvalue weighted by molar-refractivity contribution is 5.95. The van der Waals surface area contributed by atoms with E-state index in [0.717, 1.165) is 10.9 Å². The van der Waals surface area contributed by atoms with Gasteiger partial charge in [-0.1, -0.05) is 18.2 Å². The molecule has 0 fully saturated rings. The lowest BCUT2D eigenvalue weighted by atomic mass is 10.0. The summed E-state index contributed by atoms with van der Waals surface area (Å²) in [6.45, 7) is -0.957. The number of nitrogens with two attached hydrogens (primary N) is 1. The molecule has 2 aromatic rings. The Morgan fingerprint density at radius 3 is 2.05 bits per heavy atom. The monoisotopic (exact) mass is 535 g/mol. The van der Waals surface area contributed by atoms with Crippen molar-refractivity contribution in [1.82, 2.24) is 20.9 Å². The molecule has 1 aromatic heterocycles. The maximum absolute atomic E-state index is 13.2. The number of amides is 3. The fourth-order valence-electron chi connectivity index (χ4n) is 3.56. The first-order valence-corrected chi connectivity index (χ1v) is 11.4. The fourth-order valence-corrected chi connectivity index (χ4v) is 3.56. The smallest absolute Gasteiger partial charge is 0.328 e. The lowest BCUT2D eigenvalue weighted by molar-refractivity contribution is -0.144. The normalized spacial score (nSPS) is 14.1. The SMILES string of the molecule is NC(CC(=O)O)C(=O)NC(Cc1c[nH]c2ccccc12)C(=O)NC(CCC(=O)O)C(=O)NC(CO)C(=O)O. The van der Waals surface area contributed by atoms with Gasteiger partial charge in [-0.2, -0.15) is 0 Å². The van der Waals surface area contributed by atoms with Crippen molar-refractivity contribution < 1.29 is 49.2 Å². The predicted octanol–water partition coefficient (Wildman–Crippen LogP) is -2.09. The number of para-hydroxylation sites is 1. The third kappa shape index (κ3) is 8.56. The molecule has 2 rings (SSSR count).